The summed E-state index contributed by atoms with van der Waals surface area (Å²) in [5.74, 6) is 1.69. The maximum atomic E-state index is 13.2. The number of carbonyl (C=O) groups is 1. The van der Waals surface area contributed by atoms with Gasteiger partial charge in [-0.05, 0) is 57.3 Å². The third kappa shape index (κ3) is 4.35. The number of aromatic hydroxyl groups is 2. The molecule has 0 saturated carbocycles. The summed E-state index contributed by atoms with van der Waals surface area (Å²) in [4.78, 5) is 25.9. The molecule has 3 heterocycles. The van der Waals surface area contributed by atoms with Crippen LogP contribution in [0.5, 0.6) is 23.0 Å². The fourth-order valence-electron chi connectivity index (χ4n) is 4.58. The molecule has 1 spiro atoms. The van der Waals surface area contributed by atoms with Gasteiger partial charge in [0.1, 0.15) is 34.6 Å². The van der Waals surface area contributed by atoms with E-state index in [0.29, 0.717) is 57.0 Å². The second-order valence-corrected chi connectivity index (χ2v) is 8.17. The molecule has 1 aromatic heterocycles. The summed E-state index contributed by atoms with van der Waals surface area (Å²) < 4.78 is 12.0. The van der Waals surface area contributed by atoms with Crippen LogP contribution in [0.2, 0.25) is 0 Å². The van der Waals surface area contributed by atoms with Gasteiger partial charge in [0.2, 0.25) is 5.95 Å². The van der Waals surface area contributed by atoms with E-state index in [4.69, 9.17) is 9.47 Å². The molecule has 2 aliphatic heterocycles. The minimum Gasteiger partial charge on any atom is -0.508 e. The van der Waals surface area contributed by atoms with Gasteiger partial charge in [-0.25, -0.2) is 9.78 Å². The van der Waals surface area contributed by atoms with Crippen LogP contribution in [-0.4, -0.2) is 38.2 Å². The summed E-state index contributed by atoms with van der Waals surface area (Å²) in [6.45, 7) is 7.55. The van der Waals surface area contributed by atoms with Crippen LogP contribution in [0.15, 0.2) is 54.6 Å². The van der Waals surface area contributed by atoms with Gasteiger partial charge in [-0.2, -0.15) is 9.97 Å². The number of fused-ring (bicyclic) bond motifs is 6. The Kier molecular flexibility index (Phi) is 7.18. The normalized spacial score (nSPS) is 13.4. The molecule has 0 amide bonds. The van der Waals surface area contributed by atoms with Crippen LogP contribution >= 0.6 is 0 Å². The highest BCUT2D eigenvalue weighted by Gasteiger charge is 2.53. The molecule has 6 rings (SSSR count). The SMILES string of the molecule is CC.CN.Cc1nc(C)nc(Nc2ccc3c(c2)C(=O)OC32c3ccc(O)cc3Oc3cc(O)ccc32)n1. The lowest BCUT2D eigenvalue weighted by atomic mass is 9.77. The predicted octanol–water partition coefficient (Wildman–Crippen LogP) is 4.81. The molecule has 0 aliphatic carbocycles. The van der Waals surface area contributed by atoms with Gasteiger partial charge >= 0.3 is 5.97 Å². The summed E-state index contributed by atoms with van der Waals surface area (Å²) in [5.41, 5.74) is 5.94. The fourth-order valence-corrected chi connectivity index (χ4v) is 4.58. The number of nitrogens with two attached hydrogens (primary N) is 1. The Bertz CT molecular complexity index is 1450. The molecule has 196 valence electrons. The Balaban J connectivity index is 0.000000804. The smallest absolute Gasteiger partial charge is 0.340 e. The Morgan fingerprint density at radius 3 is 1.87 bits per heavy atom. The van der Waals surface area contributed by atoms with E-state index in [1.54, 1.807) is 32.0 Å². The molecular formula is C28H29N5O5. The van der Waals surface area contributed by atoms with E-state index in [1.807, 2.05) is 26.0 Å². The number of carbonyl (C=O) groups excluding carboxylic acids is 1. The summed E-state index contributed by atoms with van der Waals surface area (Å²) in [7, 11) is 1.50. The first-order valence-electron chi connectivity index (χ1n) is 12.1. The highest BCUT2D eigenvalue weighted by molar-refractivity contribution is 5.98. The molecule has 0 unspecified atom stereocenters. The minimum atomic E-state index is -1.30. The lowest BCUT2D eigenvalue weighted by molar-refractivity contribution is 0.0224. The van der Waals surface area contributed by atoms with Crippen LogP contribution in [0.25, 0.3) is 0 Å². The van der Waals surface area contributed by atoms with E-state index in [1.165, 1.54) is 31.3 Å². The van der Waals surface area contributed by atoms with Gasteiger partial charge < -0.3 is 30.7 Å². The van der Waals surface area contributed by atoms with Crippen molar-refractivity contribution in [3.8, 4) is 23.0 Å². The van der Waals surface area contributed by atoms with E-state index in [0.717, 1.165) is 0 Å². The van der Waals surface area contributed by atoms with Crippen molar-refractivity contribution < 1.29 is 24.5 Å². The lowest BCUT2D eigenvalue weighted by Crippen LogP contribution is -2.32. The van der Waals surface area contributed by atoms with Gasteiger partial charge in [-0.15, -0.1) is 0 Å². The number of anilines is 2. The Morgan fingerprint density at radius 1 is 0.789 bits per heavy atom. The molecule has 0 saturated heterocycles. The minimum absolute atomic E-state index is 0.00420. The van der Waals surface area contributed by atoms with Gasteiger partial charge in [0.25, 0.3) is 0 Å². The standard InChI is InChI=1S/C25H18N4O5.C2H6.CH5N/c1-12-26-13(2)28-24(27-12)29-14-3-6-18-17(9-14)23(32)34-25(18)19-7-4-15(30)10-21(19)33-22-11-16(31)5-8-20(22)25;2*1-2/h3-11,30-31H,1-2H3,(H,26,27,28,29);1-2H3;2H2,1H3. The van der Waals surface area contributed by atoms with Crippen molar-refractivity contribution in [2.24, 2.45) is 5.73 Å². The zero-order valence-corrected chi connectivity index (χ0v) is 21.7. The Labute approximate surface area is 220 Å². The number of hydrogen-bond acceptors (Lipinski definition) is 10. The van der Waals surface area contributed by atoms with E-state index < -0.39 is 11.6 Å². The van der Waals surface area contributed by atoms with Crippen molar-refractivity contribution >= 4 is 17.6 Å². The number of nitrogens with one attached hydrogen (secondary N) is 1. The highest BCUT2D eigenvalue weighted by Crippen LogP contribution is 2.57. The van der Waals surface area contributed by atoms with E-state index in [2.05, 4.69) is 26.0 Å². The molecule has 0 bridgehead atoms. The van der Waals surface area contributed by atoms with Gasteiger partial charge in [0.15, 0.2) is 5.60 Å². The van der Waals surface area contributed by atoms with Crippen LogP contribution in [0, 0.1) is 13.8 Å². The maximum absolute atomic E-state index is 13.2. The molecule has 0 radical (unpaired) electrons. The number of esters is 1. The van der Waals surface area contributed by atoms with Gasteiger partial charge in [0, 0.05) is 34.5 Å². The molecule has 0 fully saturated rings. The molecule has 2 aliphatic rings. The molecule has 10 nitrogen and oxygen atoms in total. The van der Waals surface area contributed by atoms with Crippen LogP contribution < -0.4 is 15.8 Å². The van der Waals surface area contributed by atoms with E-state index >= 15 is 0 Å². The van der Waals surface area contributed by atoms with Crippen molar-refractivity contribution in [3.63, 3.8) is 0 Å². The Hall–Kier alpha value is -4.70. The predicted molar refractivity (Wildman–Crippen MR) is 142 cm³/mol. The van der Waals surface area contributed by atoms with Crippen molar-refractivity contribution in [2.45, 2.75) is 33.3 Å². The van der Waals surface area contributed by atoms with Gasteiger partial charge in [-0.3, -0.25) is 0 Å². The molecule has 3 aromatic carbocycles. The zero-order valence-electron chi connectivity index (χ0n) is 21.7. The second-order valence-electron chi connectivity index (χ2n) is 8.17. The molecule has 38 heavy (non-hydrogen) atoms. The van der Waals surface area contributed by atoms with E-state index in [9.17, 15) is 15.0 Å². The first-order chi connectivity index (χ1) is 18.3. The average molecular weight is 516 g/mol. The molecular weight excluding hydrogens is 486 g/mol. The molecule has 5 N–H and O–H groups in total. The quantitative estimate of drug-likeness (QED) is 0.274. The number of phenols is 2. The lowest BCUT2D eigenvalue weighted by Gasteiger charge is -2.36. The second kappa shape index (κ2) is 10.3. The molecule has 4 aromatic rings. The average Bonchev–Trinajstić information content (AvgIpc) is 3.17. The van der Waals surface area contributed by atoms with Crippen molar-refractivity contribution in [1.82, 2.24) is 15.0 Å². The largest absolute Gasteiger partial charge is 0.508 e. The first kappa shape index (κ1) is 26.4. The van der Waals surface area contributed by atoms with E-state index in [-0.39, 0.29) is 11.5 Å². The maximum Gasteiger partial charge on any atom is 0.340 e. The van der Waals surface area contributed by atoms with Crippen LogP contribution in [0.4, 0.5) is 11.6 Å². The number of aromatic nitrogens is 3. The number of phenolic OH excluding ortho intramolecular Hbond substituents is 2. The first-order valence-corrected chi connectivity index (χ1v) is 12.1. The monoisotopic (exact) mass is 515 g/mol. The number of rotatable bonds is 2. The third-order valence-electron chi connectivity index (χ3n) is 5.89. The van der Waals surface area contributed by atoms with Crippen LogP contribution in [-0.2, 0) is 10.3 Å². The highest BCUT2D eigenvalue weighted by atomic mass is 16.6. The number of benzene rings is 3. The summed E-state index contributed by atoms with van der Waals surface area (Å²) >= 11 is 0. The number of ether oxygens (including phenoxy) is 2. The summed E-state index contributed by atoms with van der Waals surface area (Å²) in [6, 6.07) is 14.6. The van der Waals surface area contributed by atoms with Crippen molar-refractivity contribution in [3.05, 3.63) is 88.5 Å². The third-order valence-corrected chi connectivity index (χ3v) is 5.89. The summed E-state index contributed by atoms with van der Waals surface area (Å²) in [5, 5.41) is 23.2. The van der Waals surface area contributed by atoms with Gasteiger partial charge in [-0.1, -0.05) is 19.9 Å². The topological polar surface area (TPSA) is 153 Å². The molecule has 10 heteroatoms. The fraction of sp³-hybridized carbons (Fsp3) is 0.214. The summed E-state index contributed by atoms with van der Waals surface area (Å²) in [6.07, 6.45) is 0. The number of hydrogen-bond donors (Lipinski definition) is 4. The number of nitrogens with zero attached hydrogens (tertiary/aromatic N) is 3. The van der Waals surface area contributed by atoms with Crippen LogP contribution in [0.3, 0.4) is 0 Å². The van der Waals surface area contributed by atoms with Crippen LogP contribution in [0.1, 0.15) is 52.5 Å². The molecule has 0 atom stereocenters. The Morgan fingerprint density at radius 2 is 1.32 bits per heavy atom. The van der Waals surface area contributed by atoms with Gasteiger partial charge in [0.05, 0.1) is 5.56 Å². The van der Waals surface area contributed by atoms with Crippen molar-refractivity contribution in [2.75, 3.05) is 12.4 Å². The van der Waals surface area contributed by atoms with Crippen molar-refractivity contribution in [1.29, 1.82) is 0 Å². The number of aryl methyl sites for hydroxylation is 2. The zero-order chi connectivity index (χ0) is 27.6.